The van der Waals surface area contributed by atoms with Crippen LogP contribution >= 0.6 is 0 Å². The molecule has 1 fully saturated rings. The smallest absolute Gasteiger partial charge is 0.194 e. The summed E-state index contributed by atoms with van der Waals surface area (Å²) in [6.07, 6.45) is 0.394. The second kappa shape index (κ2) is 4.55. The standard InChI is InChI=1S/C11H13O3/c1-12-11-10(13-7-8-14-11)9-5-3-2-4-6-9/h2-6,11H,7-8H2,1H3. The van der Waals surface area contributed by atoms with Crippen LogP contribution in [0.2, 0.25) is 0 Å². The third kappa shape index (κ3) is 1.95. The maximum atomic E-state index is 5.53. The summed E-state index contributed by atoms with van der Waals surface area (Å²) in [5, 5.41) is 0. The zero-order chi connectivity index (χ0) is 9.80. The molecule has 1 aliphatic heterocycles. The summed E-state index contributed by atoms with van der Waals surface area (Å²) in [7, 11) is 1.61. The fraction of sp³-hybridized carbons (Fsp3) is 0.364. The van der Waals surface area contributed by atoms with E-state index < -0.39 is 0 Å². The Morgan fingerprint density at radius 3 is 2.71 bits per heavy atom. The van der Waals surface area contributed by atoms with Crippen molar-refractivity contribution in [2.45, 2.75) is 6.29 Å². The fourth-order valence-corrected chi connectivity index (χ4v) is 1.45. The first-order valence-electron chi connectivity index (χ1n) is 4.61. The molecule has 0 bridgehead atoms. The van der Waals surface area contributed by atoms with Crippen LogP contribution in [0.25, 0.3) is 0 Å². The maximum absolute atomic E-state index is 5.53. The number of rotatable bonds is 2. The van der Waals surface area contributed by atoms with Gasteiger partial charge in [0.1, 0.15) is 0 Å². The Bertz CT molecular complexity index is 273. The van der Waals surface area contributed by atoms with Crippen molar-refractivity contribution < 1.29 is 14.2 Å². The lowest BCUT2D eigenvalue weighted by molar-refractivity contribution is -0.186. The van der Waals surface area contributed by atoms with E-state index in [1.807, 2.05) is 30.3 Å². The lowest BCUT2D eigenvalue weighted by Gasteiger charge is -2.29. The van der Waals surface area contributed by atoms with Gasteiger partial charge in [0.2, 0.25) is 0 Å². The first-order chi connectivity index (χ1) is 6.92. The van der Waals surface area contributed by atoms with E-state index in [1.54, 1.807) is 7.11 Å². The number of hydrogen-bond donors (Lipinski definition) is 0. The van der Waals surface area contributed by atoms with Gasteiger partial charge in [-0.05, 0) is 5.56 Å². The van der Waals surface area contributed by atoms with Crippen LogP contribution in [-0.2, 0) is 14.2 Å². The Hall–Kier alpha value is -0.900. The summed E-state index contributed by atoms with van der Waals surface area (Å²) in [6.45, 7) is 1.17. The normalized spacial score (nSPS) is 23.6. The van der Waals surface area contributed by atoms with Crippen molar-refractivity contribution in [3.63, 3.8) is 0 Å². The summed E-state index contributed by atoms with van der Waals surface area (Å²) in [4.78, 5) is 0. The van der Waals surface area contributed by atoms with Crippen molar-refractivity contribution in [2.24, 2.45) is 0 Å². The zero-order valence-electron chi connectivity index (χ0n) is 8.10. The highest BCUT2D eigenvalue weighted by Crippen LogP contribution is 2.25. The Labute approximate surface area is 83.6 Å². The van der Waals surface area contributed by atoms with Gasteiger partial charge < -0.3 is 14.2 Å². The fourth-order valence-electron chi connectivity index (χ4n) is 1.45. The van der Waals surface area contributed by atoms with E-state index in [2.05, 4.69) is 0 Å². The zero-order valence-corrected chi connectivity index (χ0v) is 8.10. The molecule has 75 valence electrons. The number of methoxy groups -OCH3 is 1. The second-order valence-corrected chi connectivity index (χ2v) is 3.02. The van der Waals surface area contributed by atoms with Crippen LogP contribution in [0.4, 0.5) is 0 Å². The van der Waals surface area contributed by atoms with Crippen molar-refractivity contribution in [1.29, 1.82) is 0 Å². The lowest BCUT2D eigenvalue weighted by Crippen LogP contribution is -2.34. The molecule has 0 aromatic heterocycles. The van der Waals surface area contributed by atoms with Crippen LogP contribution in [0.5, 0.6) is 0 Å². The molecule has 3 heteroatoms. The van der Waals surface area contributed by atoms with Crippen molar-refractivity contribution in [3.8, 4) is 0 Å². The van der Waals surface area contributed by atoms with Gasteiger partial charge in [-0.3, -0.25) is 0 Å². The molecular formula is C11H13O3. The Balaban J connectivity index is 2.15. The molecule has 1 aliphatic rings. The van der Waals surface area contributed by atoms with Gasteiger partial charge in [-0.15, -0.1) is 0 Å². The summed E-state index contributed by atoms with van der Waals surface area (Å²) in [6, 6.07) is 9.86. The highest BCUT2D eigenvalue weighted by molar-refractivity contribution is 5.28. The quantitative estimate of drug-likeness (QED) is 0.713. The molecule has 1 aromatic rings. The van der Waals surface area contributed by atoms with Crippen LogP contribution in [0.1, 0.15) is 5.56 Å². The number of ether oxygens (including phenoxy) is 3. The molecule has 2 rings (SSSR count). The van der Waals surface area contributed by atoms with Crippen LogP contribution in [0.15, 0.2) is 30.3 Å². The van der Waals surface area contributed by atoms with Gasteiger partial charge in [0, 0.05) is 7.11 Å². The molecule has 0 amide bonds. The Kier molecular flexibility index (Phi) is 3.14. The van der Waals surface area contributed by atoms with E-state index in [0.29, 0.717) is 13.2 Å². The van der Waals surface area contributed by atoms with Crippen LogP contribution < -0.4 is 0 Å². The van der Waals surface area contributed by atoms with Gasteiger partial charge in [0.15, 0.2) is 12.4 Å². The van der Waals surface area contributed by atoms with Crippen molar-refractivity contribution in [2.75, 3.05) is 20.3 Å². The van der Waals surface area contributed by atoms with Gasteiger partial charge in [-0.25, -0.2) is 0 Å². The summed E-state index contributed by atoms with van der Waals surface area (Å²) >= 11 is 0. The van der Waals surface area contributed by atoms with E-state index in [-0.39, 0.29) is 6.29 Å². The molecule has 1 radical (unpaired) electrons. The van der Waals surface area contributed by atoms with Gasteiger partial charge in [-0.1, -0.05) is 30.3 Å². The largest absolute Gasteiger partial charge is 0.359 e. The average Bonchev–Trinajstić information content (AvgIpc) is 2.30. The molecule has 1 unspecified atom stereocenters. The second-order valence-electron chi connectivity index (χ2n) is 3.02. The minimum absolute atomic E-state index is 0.369. The van der Waals surface area contributed by atoms with Crippen molar-refractivity contribution >= 4 is 0 Å². The molecule has 14 heavy (non-hydrogen) atoms. The van der Waals surface area contributed by atoms with E-state index in [4.69, 9.17) is 14.2 Å². The molecular weight excluding hydrogens is 180 g/mol. The van der Waals surface area contributed by atoms with Gasteiger partial charge in [0.25, 0.3) is 0 Å². The molecule has 0 saturated carbocycles. The Morgan fingerprint density at radius 2 is 2.00 bits per heavy atom. The van der Waals surface area contributed by atoms with Crippen LogP contribution in [0, 0.1) is 6.10 Å². The lowest BCUT2D eigenvalue weighted by atomic mass is 10.1. The van der Waals surface area contributed by atoms with Gasteiger partial charge >= 0.3 is 0 Å². The Morgan fingerprint density at radius 1 is 1.21 bits per heavy atom. The van der Waals surface area contributed by atoms with E-state index >= 15 is 0 Å². The molecule has 0 spiro atoms. The van der Waals surface area contributed by atoms with Crippen LogP contribution in [-0.4, -0.2) is 26.6 Å². The molecule has 3 nitrogen and oxygen atoms in total. The minimum atomic E-state index is -0.369. The molecule has 0 N–H and O–H groups in total. The predicted octanol–water partition coefficient (Wildman–Crippen LogP) is 1.59. The molecule has 1 heterocycles. The van der Waals surface area contributed by atoms with Crippen LogP contribution in [0.3, 0.4) is 0 Å². The van der Waals surface area contributed by atoms with Crippen molar-refractivity contribution in [3.05, 3.63) is 42.0 Å². The summed E-state index contributed by atoms with van der Waals surface area (Å²) in [5.41, 5.74) is 1.01. The molecule has 0 aliphatic carbocycles. The van der Waals surface area contributed by atoms with E-state index in [1.165, 1.54) is 0 Å². The average molecular weight is 193 g/mol. The molecule has 1 saturated heterocycles. The third-order valence-electron chi connectivity index (χ3n) is 2.10. The topological polar surface area (TPSA) is 27.7 Å². The van der Waals surface area contributed by atoms with E-state index in [0.717, 1.165) is 11.7 Å². The minimum Gasteiger partial charge on any atom is -0.359 e. The van der Waals surface area contributed by atoms with Crippen molar-refractivity contribution in [1.82, 2.24) is 0 Å². The monoisotopic (exact) mass is 193 g/mol. The summed E-state index contributed by atoms with van der Waals surface area (Å²) in [5.74, 6) is 0. The maximum Gasteiger partial charge on any atom is 0.194 e. The predicted molar refractivity (Wildman–Crippen MR) is 51.5 cm³/mol. The highest BCUT2D eigenvalue weighted by atomic mass is 16.7. The van der Waals surface area contributed by atoms with Gasteiger partial charge in [0.05, 0.1) is 13.2 Å². The number of benzene rings is 1. The van der Waals surface area contributed by atoms with Gasteiger partial charge in [-0.2, -0.15) is 0 Å². The summed E-state index contributed by atoms with van der Waals surface area (Å²) < 4.78 is 16.1. The molecule has 1 atom stereocenters. The SMILES string of the molecule is COC1OCCO[C]1c1ccccc1. The first-order valence-corrected chi connectivity index (χ1v) is 4.61. The number of hydrogen-bond acceptors (Lipinski definition) is 3. The highest BCUT2D eigenvalue weighted by Gasteiger charge is 2.29. The molecule has 1 aromatic carbocycles. The first kappa shape index (κ1) is 9.65. The van der Waals surface area contributed by atoms with E-state index in [9.17, 15) is 0 Å². The third-order valence-corrected chi connectivity index (χ3v) is 2.10.